The van der Waals surface area contributed by atoms with Crippen LogP contribution in [-0.4, -0.2) is 11.5 Å². The summed E-state index contributed by atoms with van der Waals surface area (Å²) >= 11 is 1.84. The van der Waals surface area contributed by atoms with Crippen molar-refractivity contribution in [1.82, 2.24) is 10.3 Å². The Labute approximate surface area is 88.8 Å². The number of thiazole rings is 1. The molecule has 74 valence electrons. The lowest BCUT2D eigenvalue weighted by atomic mass is 10.4. The smallest absolute Gasteiger partial charge is 0.0959 e. The van der Waals surface area contributed by atoms with E-state index in [1.165, 1.54) is 22.7 Å². The molecule has 0 saturated heterocycles. The van der Waals surface area contributed by atoms with Gasteiger partial charge in [0.1, 0.15) is 0 Å². The summed E-state index contributed by atoms with van der Waals surface area (Å²) in [5, 5.41) is 4.59. The lowest BCUT2D eigenvalue weighted by Crippen LogP contribution is -2.11. The van der Waals surface area contributed by atoms with Crippen molar-refractivity contribution in [2.45, 2.75) is 32.2 Å². The van der Waals surface area contributed by atoms with Crippen molar-refractivity contribution in [2.75, 3.05) is 6.54 Å². The number of aromatic nitrogens is 1. The maximum absolute atomic E-state index is 4.42. The van der Waals surface area contributed by atoms with E-state index in [2.05, 4.69) is 22.1 Å². The summed E-state index contributed by atoms with van der Waals surface area (Å²) < 4.78 is 0. The summed E-state index contributed by atoms with van der Waals surface area (Å²) in [7, 11) is 0. The quantitative estimate of drug-likeness (QED) is 0.603. The minimum absolute atomic E-state index is 0.771. The molecule has 1 saturated carbocycles. The van der Waals surface area contributed by atoms with Gasteiger partial charge in [0, 0.05) is 23.5 Å². The van der Waals surface area contributed by atoms with Crippen LogP contribution in [0.25, 0.3) is 0 Å². The zero-order chi connectivity index (χ0) is 9.80. The van der Waals surface area contributed by atoms with Crippen LogP contribution in [0.4, 0.5) is 0 Å². The minimum atomic E-state index is 0.771. The topological polar surface area (TPSA) is 24.9 Å². The average molecular weight is 206 g/mol. The number of rotatable bonds is 4. The van der Waals surface area contributed by atoms with E-state index >= 15 is 0 Å². The average Bonchev–Trinajstić information content (AvgIpc) is 2.94. The van der Waals surface area contributed by atoms with E-state index in [1.807, 2.05) is 24.5 Å². The van der Waals surface area contributed by atoms with Gasteiger partial charge in [-0.1, -0.05) is 5.92 Å². The summed E-state index contributed by atoms with van der Waals surface area (Å²) in [6, 6.07) is 0. The zero-order valence-corrected chi connectivity index (χ0v) is 9.16. The molecule has 0 aromatic carbocycles. The first-order chi connectivity index (χ1) is 6.90. The Morgan fingerprint density at radius 2 is 2.50 bits per heavy atom. The molecule has 1 aliphatic rings. The standard InChI is InChI=1S/C11H14N2S/c1-2-3-6-12-7-10-8-13-11(14-10)9-4-5-9/h8-9,12H,4-7H2,1H3. The highest BCUT2D eigenvalue weighted by Gasteiger charge is 2.26. The molecule has 1 fully saturated rings. The first-order valence-corrected chi connectivity index (χ1v) is 5.76. The molecule has 2 nitrogen and oxygen atoms in total. The molecular weight excluding hydrogens is 192 g/mol. The summed E-state index contributed by atoms with van der Waals surface area (Å²) in [4.78, 5) is 5.74. The lowest BCUT2D eigenvalue weighted by molar-refractivity contribution is 0.779. The fourth-order valence-corrected chi connectivity index (χ4v) is 2.32. The van der Waals surface area contributed by atoms with Gasteiger partial charge in [-0.3, -0.25) is 0 Å². The van der Waals surface area contributed by atoms with Gasteiger partial charge in [0.05, 0.1) is 11.6 Å². The van der Waals surface area contributed by atoms with Gasteiger partial charge < -0.3 is 5.32 Å². The second-order valence-corrected chi connectivity index (χ2v) is 4.62. The van der Waals surface area contributed by atoms with E-state index in [1.54, 1.807) is 0 Å². The Hall–Kier alpha value is -0.850. The van der Waals surface area contributed by atoms with Crippen LogP contribution in [0.5, 0.6) is 0 Å². The highest BCUT2D eigenvalue weighted by molar-refractivity contribution is 7.11. The third kappa shape index (κ3) is 2.57. The number of hydrogen-bond donors (Lipinski definition) is 1. The van der Waals surface area contributed by atoms with Crippen LogP contribution in [-0.2, 0) is 6.54 Å². The van der Waals surface area contributed by atoms with Crippen molar-refractivity contribution < 1.29 is 0 Å². The van der Waals surface area contributed by atoms with Crippen molar-refractivity contribution in [3.63, 3.8) is 0 Å². The summed E-state index contributed by atoms with van der Waals surface area (Å²) in [5.41, 5.74) is 0. The molecule has 3 heteroatoms. The normalized spacial score (nSPS) is 14.9. The molecule has 0 radical (unpaired) electrons. The lowest BCUT2D eigenvalue weighted by Gasteiger charge is -1.94. The third-order valence-corrected chi connectivity index (χ3v) is 3.35. The van der Waals surface area contributed by atoms with E-state index in [-0.39, 0.29) is 0 Å². The van der Waals surface area contributed by atoms with Gasteiger partial charge in [-0.15, -0.1) is 17.3 Å². The summed E-state index contributed by atoms with van der Waals surface area (Å²) in [6.45, 7) is 3.53. The van der Waals surface area contributed by atoms with E-state index in [0.29, 0.717) is 0 Å². The second kappa shape index (κ2) is 4.59. The van der Waals surface area contributed by atoms with Crippen LogP contribution in [0.2, 0.25) is 0 Å². The molecule has 0 amide bonds. The van der Waals surface area contributed by atoms with Crippen LogP contribution in [0.3, 0.4) is 0 Å². The Morgan fingerprint density at radius 1 is 1.64 bits per heavy atom. The van der Waals surface area contributed by atoms with E-state index in [4.69, 9.17) is 0 Å². The number of hydrogen-bond acceptors (Lipinski definition) is 3. The van der Waals surface area contributed by atoms with Gasteiger partial charge in [-0.25, -0.2) is 4.98 Å². The van der Waals surface area contributed by atoms with Crippen LogP contribution in [0, 0.1) is 11.8 Å². The van der Waals surface area contributed by atoms with E-state index in [9.17, 15) is 0 Å². The number of nitrogens with zero attached hydrogens (tertiary/aromatic N) is 1. The van der Waals surface area contributed by atoms with Crippen molar-refractivity contribution in [3.8, 4) is 11.8 Å². The van der Waals surface area contributed by atoms with Gasteiger partial charge in [-0.05, 0) is 19.8 Å². The van der Waals surface area contributed by atoms with E-state index in [0.717, 1.165) is 19.0 Å². The van der Waals surface area contributed by atoms with Gasteiger partial charge in [-0.2, -0.15) is 0 Å². The monoisotopic (exact) mass is 206 g/mol. The molecule has 14 heavy (non-hydrogen) atoms. The van der Waals surface area contributed by atoms with Crippen LogP contribution in [0.1, 0.15) is 35.6 Å². The van der Waals surface area contributed by atoms with Crippen LogP contribution < -0.4 is 5.32 Å². The molecule has 1 aromatic rings. The van der Waals surface area contributed by atoms with Gasteiger partial charge in [0.2, 0.25) is 0 Å². The van der Waals surface area contributed by atoms with Gasteiger partial charge >= 0.3 is 0 Å². The summed E-state index contributed by atoms with van der Waals surface area (Å²) in [6.07, 6.45) is 4.66. The molecule has 1 aromatic heterocycles. The molecular formula is C11H14N2S. The molecule has 2 rings (SSSR count). The van der Waals surface area contributed by atoms with Crippen LogP contribution >= 0.6 is 11.3 Å². The van der Waals surface area contributed by atoms with Crippen molar-refractivity contribution in [1.29, 1.82) is 0 Å². The SMILES string of the molecule is CC#CCNCc1cnc(C2CC2)s1. The summed E-state index contributed by atoms with van der Waals surface area (Å²) in [5.74, 6) is 6.63. The van der Waals surface area contributed by atoms with E-state index < -0.39 is 0 Å². The Balaban J connectivity index is 1.79. The fourth-order valence-electron chi connectivity index (χ4n) is 1.26. The fraction of sp³-hybridized carbons (Fsp3) is 0.545. The van der Waals surface area contributed by atoms with Crippen LogP contribution in [0.15, 0.2) is 6.20 Å². The molecule has 1 N–H and O–H groups in total. The molecule has 1 aliphatic carbocycles. The largest absolute Gasteiger partial charge is 0.301 e. The molecule has 0 bridgehead atoms. The van der Waals surface area contributed by atoms with Gasteiger partial charge in [0.25, 0.3) is 0 Å². The minimum Gasteiger partial charge on any atom is -0.301 e. The molecule has 0 atom stereocenters. The Kier molecular flexibility index (Phi) is 3.18. The molecule has 0 unspecified atom stereocenters. The zero-order valence-electron chi connectivity index (χ0n) is 8.34. The Morgan fingerprint density at radius 3 is 3.21 bits per heavy atom. The number of nitrogens with one attached hydrogen (secondary N) is 1. The highest BCUT2D eigenvalue weighted by atomic mass is 32.1. The predicted molar refractivity (Wildman–Crippen MR) is 59.2 cm³/mol. The van der Waals surface area contributed by atoms with Gasteiger partial charge in [0.15, 0.2) is 0 Å². The maximum atomic E-state index is 4.42. The van der Waals surface area contributed by atoms with Crippen molar-refractivity contribution in [3.05, 3.63) is 16.1 Å². The third-order valence-electron chi connectivity index (χ3n) is 2.19. The molecule has 0 aliphatic heterocycles. The highest BCUT2D eigenvalue weighted by Crippen LogP contribution is 2.41. The molecule has 0 spiro atoms. The second-order valence-electron chi connectivity index (χ2n) is 3.47. The first-order valence-electron chi connectivity index (χ1n) is 4.95. The van der Waals surface area contributed by atoms with Crippen molar-refractivity contribution in [2.24, 2.45) is 0 Å². The molecule has 1 heterocycles. The predicted octanol–water partition coefficient (Wildman–Crippen LogP) is 2.13. The first kappa shape index (κ1) is 9.70. The van der Waals surface area contributed by atoms with Crippen molar-refractivity contribution >= 4 is 11.3 Å². The maximum Gasteiger partial charge on any atom is 0.0959 e. The Bertz CT molecular complexity index is 355.